The van der Waals surface area contributed by atoms with Crippen LogP contribution in [0.1, 0.15) is 44.3 Å². The van der Waals surface area contributed by atoms with E-state index < -0.39 is 12.1 Å². The predicted octanol–water partition coefficient (Wildman–Crippen LogP) is 2.75. The maximum atomic E-state index is 11.2. The smallest absolute Gasteiger partial charge is 0.335 e. The summed E-state index contributed by atoms with van der Waals surface area (Å²) in [5, 5.41) is 24.4. The van der Waals surface area contributed by atoms with Gasteiger partial charge in [-0.3, -0.25) is 0 Å². The van der Waals surface area contributed by atoms with Crippen molar-refractivity contribution in [2.75, 3.05) is 0 Å². The van der Waals surface area contributed by atoms with Gasteiger partial charge in [0.1, 0.15) is 6.10 Å². The van der Waals surface area contributed by atoms with Gasteiger partial charge in [-0.2, -0.15) is 5.10 Å². The van der Waals surface area contributed by atoms with Gasteiger partial charge < -0.3 is 15.7 Å². The summed E-state index contributed by atoms with van der Waals surface area (Å²) in [5.41, 5.74) is 5.09. The van der Waals surface area contributed by atoms with Crippen molar-refractivity contribution in [3.63, 3.8) is 0 Å². The van der Waals surface area contributed by atoms with E-state index in [-0.39, 0.29) is 11.0 Å². The molecular weight excluding hydrogens is 332 g/mol. The van der Waals surface area contributed by atoms with Crippen LogP contribution < -0.4 is 0 Å². The maximum absolute atomic E-state index is 11.2. The molecule has 0 saturated heterocycles. The van der Waals surface area contributed by atoms with Crippen LogP contribution in [-0.4, -0.2) is 31.4 Å². The number of aliphatic hydroxyl groups excluding tert-OH is 1. The van der Waals surface area contributed by atoms with E-state index in [0.717, 1.165) is 33.5 Å². The minimum atomic E-state index is -0.968. The summed E-state index contributed by atoms with van der Waals surface area (Å²) in [7, 11) is 0. The number of aryl methyl sites for hydroxylation is 3. The summed E-state index contributed by atoms with van der Waals surface area (Å²) >= 11 is 0. The van der Waals surface area contributed by atoms with Gasteiger partial charge >= 0.3 is 5.97 Å². The predicted molar refractivity (Wildman–Crippen MR) is 98.9 cm³/mol. The highest BCUT2D eigenvalue weighted by molar-refractivity contribution is 5.88. The first-order chi connectivity index (χ1) is 11.9. The standard InChI is InChI=1S/C20H20N2O3.H2O/c1-12-5-6-16(22-8-4-7-21-22)11-17(12)19(23)18-13(2)9-15(20(24)25)10-14(18)3;/h4-11,19,23H,1-3H3,(H,24,25);1H2. The molecular formula is C20H22N2O4. The van der Waals surface area contributed by atoms with Crippen LogP contribution in [0.4, 0.5) is 0 Å². The monoisotopic (exact) mass is 354 g/mol. The van der Waals surface area contributed by atoms with Crippen LogP contribution in [0, 0.1) is 20.8 Å². The van der Waals surface area contributed by atoms with Gasteiger partial charge in [-0.25, -0.2) is 9.48 Å². The molecule has 1 heterocycles. The molecule has 0 radical (unpaired) electrons. The van der Waals surface area contributed by atoms with Crippen molar-refractivity contribution in [3.05, 3.63) is 82.2 Å². The van der Waals surface area contributed by atoms with Crippen LogP contribution in [0.2, 0.25) is 0 Å². The minimum Gasteiger partial charge on any atom is -0.478 e. The lowest BCUT2D eigenvalue weighted by molar-refractivity contribution is 0.0696. The number of carbonyl (C=O) groups is 1. The summed E-state index contributed by atoms with van der Waals surface area (Å²) < 4.78 is 1.74. The van der Waals surface area contributed by atoms with Crippen LogP contribution in [0.3, 0.4) is 0 Å². The van der Waals surface area contributed by atoms with Crippen LogP contribution in [0.25, 0.3) is 5.69 Å². The fourth-order valence-corrected chi connectivity index (χ4v) is 3.17. The van der Waals surface area contributed by atoms with E-state index in [1.54, 1.807) is 23.0 Å². The van der Waals surface area contributed by atoms with Crippen LogP contribution in [-0.2, 0) is 0 Å². The molecule has 3 aromatic rings. The number of benzene rings is 2. The fraction of sp³-hybridized carbons (Fsp3) is 0.200. The van der Waals surface area contributed by atoms with Gasteiger partial charge in [0.2, 0.25) is 0 Å². The van der Waals surface area contributed by atoms with E-state index >= 15 is 0 Å². The van der Waals surface area contributed by atoms with Crippen LogP contribution in [0.5, 0.6) is 0 Å². The van der Waals surface area contributed by atoms with Gasteiger partial charge in [0, 0.05) is 12.4 Å². The third-order valence-electron chi connectivity index (χ3n) is 4.44. The third-order valence-corrected chi connectivity index (χ3v) is 4.44. The van der Waals surface area contributed by atoms with E-state index in [0.29, 0.717) is 0 Å². The highest BCUT2D eigenvalue weighted by atomic mass is 16.4. The van der Waals surface area contributed by atoms with Crippen molar-refractivity contribution in [1.82, 2.24) is 9.78 Å². The van der Waals surface area contributed by atoms with E-state index in [1.165, 1.54) is 0 Å². The lowest BCUT2D eigenvalue weighted by atomic mass is 9.89. The Kier molecular flexibility index (Phi) is 5.59. The molecule has 6 heteroatoms. The molecule has 0 bridgehead atoms. The second-order valence-electron chi connectivity index (χ2n) is 6.22. The van der Waals surface area contributed by atoms with Crippen LogP contribution >= 0.6 is 0 Å². The topological polar surface area (TPSA) is 107 Å². The van der Waals surface area contributed by atoms with Gasteiger partial charge in [0.15, 0.2) is 0 Å². The van der Waals surface area contributed by atoms with Gasteiger partial charge in [-0.15, -0.1) is 0 Å². The highest BCUT2D eigenvalue weighted by Gasteiger charge is 2.20. The zero-order valence-corrected chi connectivity index (χ0v) is 14.9. The van der Waals surface area contributed by atoms with Gasteiger partial charge in [0.05, 0.1) is 11.3 Å². The highest BCUT2D eigenvalue weighted by Crippen LogP contribution is 2.31. The van der Waals surface area contributed by atoms with Crippen molar-refractivity contribution < 1.29 is 20.5 Å². The molecule has 26 heavy (non-hydrogen) atoms. The van der Waals surface area contributed by atoms with Gasteiger partial charge in [0.25, 0.3) is 0 Å². The van der Waals surface area contributed by atoms with Crippen molar-refractivity contribution in [3.8, 4) is 5.69 Å². The number of nitrogens with zero attached hydrogens (tertiary/aromatic N) is 2. The number of hydrogen-bond acceptors (Lipinski definition) is 3. The number of carboxylic acid groups (broad SMARTS) is 1. The molecule has 0 aliphatic rings. The number of rotatable bonds is 4. The van der Waals surface area contributed by atoms with Gasteiger partial charge in [-0.1, -0.05) is 6.07 Å². The molecule has 2 aromatic carbocycles. The average Bonchev–Trinajstić information content (AvgIpc) is 3.08. The Morgan fingerprint density at radius 1 is 1.08 bits per heavy atom. The number of carboxylic acids is 1. The van der Waals surface area contributed by atoms with E-state index in [9.17, 15) is 15.0 Å². The first kappa shape index (κ1) is 19.4. The summed E-state index contributed by atoms with van der Waals surface area (Å²) in [6.07, 6.45) is 2.71. The summed E-state index contributed by atoms with van der Waals surface area (Å²) in [4.78, 5) is 11.2. The molecule has 0 saturated carbocycles. The van der Waals surface area contributed by atoms with Crippen molar-refractivity contribution in [2.24, 2.45) is 0 Å². The Morgan fingerprint density at radius 3 is 2.27 bits per heavy atom. The Hall–Kier alpha value is -2.96. The maximum Gasteiger partial charge on any atom is 0.335 e. The molecule has 0 fully saturated rings. The number of aliphatic hydroxyl groups is 1. The molecule has 3 rings (SSSR count). The Bertz CT molecular complexity index is 910. The second kappa shape index (κ2) is 7.51. The van der Waals surface area contributed by atoms with Crippen LogP contribution in [0.15, 0.2) is 48.8 Å². The van der Waals surface area contributed by atoms with Crippen molar-refractivity contribution in [1.29, 1.82) is 0 Å². The minimum absolute atomic E-state index is 0. The van der Waals surface area contributed by atoms with E-state index in [4.69, 9.17) is 0 Å². The second-order valence-corrected chi connectivity index (χ2v) is 6.22. The lowest BCUT2D eigenvalue weighted by Crippen LogP contribution is -2.09. The fourth-order valence-electron chi connectivity index (χ4n) is 3.17. The number of hydrogen-bond donors (Lipinski definition) is 2. The van der Waals surface area contributed by atoms with E-state index in [1.807, 2.05) is 51.2 Å². The molecule has 1 unspecified atom stereocenters. The first-order valence-electron chi connectivity index (χ1n) is 8.01. The quantitative estimate of drug-likeness (QED) is 0.751. The van der Waals surface area contributed by atoms with Gasteiger partial charge in [-0.05, 0) is 78.9 Å². The summed E-state index contributed by atoms with van der Waals surface area (Å²) in [5.74, 6) is -0.968. The summed E-state index contributed by atoms with van der Waals surface area (Å²) in [6.45, 7) is 5.59. The van der Waals surface area contributed by atoms with E-state index in [2.05, 4.69) is 5.10 Å². The largest absolute Gasteiger partial charge is 0.478 e. The molecule has 0 aliphatic carbocycles. The third kappa shape index (κ3) is 3.51. The molecule has 1 atom stereocenters. The molecule has 6 nitrogen and oxygen atoms in total. The molecule has 1 aromatic heterocycles. The molecule has 0 spiro atoms. The van der Waals surface area contributed by atoms with Crippen molar-refractivity contribution in [2.45, 2.75) is 26.9 Å². The number of aromatic nitrogens is 2. The molecule has 0 aliphatic heterocycles. The first-order valence-corrected chi connectivity index (χ1v) is 8.01. The normalized spacial score (nSPS) is 11.7. The zero-order chi connectivity index (χ0) is 18.1. The Balaban J connectivity index is 0.00000243. The SMILES string of the molecule is Cc1ccc(-n2cccn2)cc1C(O)c1c(C)cc(C(=O)O)cc1C.O. The number of aromatic carboxylic acids is 1. The zero-order valence-electron chi connectivity index (χ0n) is 14.9. The van der Waals surface area contributed by atoms with Crippen molar-refractivity contribution >= 4 is 5.97 Å². The lowest BCUT2D eigenvalue weighted by Gasteiger charge is -2.20. The average molecular weight is 354 g/mol. The Morgan fingerprint density at radius 2 is 1.73 bits per heavy atom. The molecule has 0 amide bonds. The molecule has 4 N–H and O–H groups in total. The molecule has 136 valence electrons. The Labute approximate surface area is 151 Å². The summed E-state index contributed by atoms with van der Waals surface area (Å²) in [6, 6.07) is 10.9.